The van der Waals surface area contributed by atoms with Crippen molar-refractivity contribution in [1.82, 2.24) is 15.1 Å². The maximum atomic E-state index is 13.9. The van der Waals surface area contributed by atoms with E-state index < -0.39 is 5.82 Å². The third-order valence-corrected chi connectivity index (χ3v) is 6.86. The van der Waals surface area contributed by atoms with Crippen molar-refractivity contribution >= 4 is 41.2 Å². The molecule has 9 heteroatoms. The van der Waals surface area contributed by atoms with Gasteiger partial charge in [-0.1, -0.05) is 23.7 Å². The number of piperidine rings is 1. The molecule has 0 aliphatic carbocycles. The Balaban J connectivity index is 1.37. The average Bonchev–Trinajstić information content (AvgIpc) is 3.14. The summed E-state index contributed by atoms with van der Waals surface area (Å²) in [5, 5.41) is 4.62. The van der Waals surface area contributed by atoms with Crippen LogP contribution in [-0.4, -0.2) is 58.1 Å². The standard InChI is InChI=1S/C19H19ClFN3O3S/c20-13-2-1-3-14(21)12(13)10-16(25)23-7-4-11(5-8-23)24-18(26)17-15(6-9-28-17)22-19(24)27/h1-3,6,9,11,15,17H,4-5,7-8,10H2,(H,22,27). The fourth-order valence-electron chi connectivity index (χ4n) is 3.87. The second-order valence-electron chi connectivity index (χ2n) is 7.06. The summed E-state index contributed by atoms with van der Waals surface area (Å²) in [7, 11) is 0. The topological polar surface area (TPSA) is 69.7 Å². The van der Waals surface area contributed by atoms with Crippen LogP contribution in [0.1, 0.15) is 18.4 Å². The molecular formula is C19H19ClFN3O3S. The van der Waals surface area contributed by atoms with Gasteiger partial charge in [-0.25, -0.2) is 9.18 Å². The minimum absolute atomic E-state index is 0.106. The van der Waals surface area contributed by atoms with Crippen molar-refractivity contribution in [2.45, 2.75) is 36.6 Å². The second-order valence-corrected chi connectivity index (χ2v) is 8.52. The largest absolute Gasteiger partial charge is 0.342 e. The highest BCUT2D eigenvalue weighted by molar-refractivity contribution is 8.03. The maximum absolute atomic E-state index is 13.9. The van der Waals surface area contributed by atoms with E-state index in [1.54, 1.807) is 11.0 Å². The van der Waals surface area contributed by atoms with E-state index in [9.17, 15) is 18.8 Å². The van der Waals surface area contributed by atoms with Gasteiger partial charge in [-0.05, 0) is 30.4 Å². The second kappa shape index (κ2) is 7.75. The number of likely N-dealkylation sites (tertiary alicyclic amines) is 1. The summed E-state index contributed by atoms with van der Waals surface area (Å²) in [6.45, 7) is 0.818. The molecule has 3 heterocycles. The van der Waals surface area contributed by atoms with Gasteiger partial charge >= 0.3 is 6.03 Å². The first-order valence-electron chi connectivity index (χ1n) is 9.12. The maximum Gasteiger partial charge on any atom is 0.324 e. The quantitative estimate of drug-likeness (QED) is 0.811. The third-order valence-electron chi connectivity index (χ3n) is 5.40. The number of rotatable bonds is 3. The molecule has 4 amide bonds. The number of benzene rings is 1. The number of hydrogen-bond donors (Lipinski definition) is 1. The van der Waals surface area contributed by atoms with E-state index in [0.717, 1.165) is 0 Å². The smallest absolute Gasteiger partial charge is 0.324 e. The number of halogens is 2. The minimum atomic E-state index is -0.497. The molecule has 2 fully saturated rings. The van der Waals surface area contributed by atoms with Crippen LogP contribution in [0.2, 0.25) is 5.02 Å². The number of hydrogen-bond acceptors (Lipinski definition) is 4. The van der Waals surface area contributed by atoms with E-state index in [1.807, 2.05) is 11.5 Å². The number of carbonyl (C=O) groups is 3. The first kappa shape index (κ1) is 19.3. The van der Waals surface area contributed by atoms with E-state index in [-0.39, 0.29) is 52.2 Å². The van der Waals surface area contributed by atoms with Crippen LogP contribution in [-0.2, 0) is 16.0 Å². The Bertz CT molecular complexity index is 837. The van der Waals surface area contributed by atoms with Crippen LogP contribution in [0, 0.1) is 5.82 Å². The van der Waals surface area contributed by atoms with Crippen molar-refractivity contribution in [1.29, 1.82) is 0 Å². The van der Waals surface area contributed by atoms with E-state index >= 15 is 0 Å². The Labute approximate surface area is 171 Å². The Kier molecular flexibility index (Phi) is 5.33. The monoisotopic (exact) mass is 423 g/mol. The normalized spacial score (nSPS) is 25.1. The predicted molar refractivity (Wildman–Crippen MR) is 104 cm³/mol. The van der Waals surface area contributed by atoms with Crippen molar-refractivity contribution in [3.05, 3.63) is 46.1 Å². The molecule has 0 saturated carbocycles. The van der Waals surface area contributed by atoms with Gasteiger partial charge in [0, 0.05) is 29.7 Å². The zero-order chi connectivity index (χ0) is 19.8. The van der Waals surface area contributed by atoms with Gasteiger partial charge in [0.2, 0.25) is 11.8 Å². The lowest BCUT2D eigenvalue weighted by molar-refractivity contribution is -0.134. The summed E-state index contributed by atoms with van der Waals surface area (Å²) >= 11 is 7.42. The highest BCUT2D eigenvalue weighted by Crippen LogP contribution is 2.32. The highest BCUT2D eigenvalue weighted by Gasteiger charge is 2.45. The van der Waals surface area contributed by atoms with Crippen molar-refractivity contribution in [2.24, 2.45) is 0 Å². The van der Waals surface area contributed by atoms with Crippen LogP contribution in [0.15, 0.2) is 29.7 Å². The summed E-state index contributed by atoms with van der Waals surface area (Å²) in [4.78, 5) is 40.6. The molecule has 3 aliphatic rings. The summed E-state index contributed by atoms with van der Waals surface area (Å²) in [6.07, 6.45) is 2.74. The van der Waals surface area contributed by atoms with Crippen LogP contribution in [0.3, 0.4) is 0 Å². The Hall–Kier alpha value is -2.06. The zero-order valence-corrected chi connectivity index (χ0v) is 16.5. The fourth-order valence-corrected chi connectivity index (χ4v) is 5.09. The molecule has 0 spiro atoms. The molecule has 0 bridgehead atoms. The molecule has 28 heavy (non-hydrogen) atoms. The third kappa shape index (κ3) is 3.51. The van der Waals surface area contributed by atoms with E-state index in [1.165, 1.54) is 28.8 Å². The lowest BCUT2D eigenvalue weighted by atomic mass is 10.00. The molecular weight excluding hydrogens is 405 g/mol. The predicted octanol–water partition coefficient (Wildman–Crippen LogP) is 2.56. The average molecular weight is 424 g/mol. The number of amides is 4. The molecule has 1 aromatic rings. The number of carbonyl (C=O) groups excluding carboxylic acids is 3. The fraction of sp³-hybridized carbons (Fsp3) is 0.421. The van der Waals surface area contributed by atoms with Crippen molar-refractivity contribution in [2.75, 3.05) is 13.1 Å². The van der Waals surface area contributed by atoms with E-state index in [4.69, 9.17) is 11.6 Å². The number of imide groups is 1. The molecule has 3 aliphatic heterocycles. The lowest BCUT2D eigenvalue weighted by Crippen LogP contribution is -2.64. The molecule has 1 N–H and O–H groups in total. The molecule has 0 radical (unpaired) electrons. The summed E-state index contributed by atoms with van der Waals surface area (Å²) in [5.41, 5.74) is 0.193. The van der Waals surface area contributed by atoms with Crippen LogP contribution in [0.25, 0.3) is 0 Å². The first-order valence-corrected chi connectivity index (χ1v) is 10.4. The zero-order valence-electron chi connectivity index (χ0n) is 14.9. The van der Waals surface area contributed by atoms with Gasteiger partial charge in [0.15, 0.2) is 0 Å². The number of nitrogens with zero attached hydrogens (tertiary/aromatic N) is 2. The Morgan fingerprint density at radius 2 is 2.04 bits per heavy atom. The molecule has 2 unspecified atom stereocenters. The van der Waals surface area contributed by atoms with Gasteiger partial charge in [0.05, 0.1) is 12.5 Å². The van der Waals surface area contributed by atoms with Gasteiger partial charge in [-0.3, -0.25) is 14.5 Å². The van der Waals surface area contributed by atoms with Crippen LogP contribution >= 0.6 is 23.4 Å². The van der Waals surface area contributed by atoms with Gasteiger partial charge in [0.25, 0.3) is 0 Å². The van der Waals surface area contributed by atoms with Crippen LogP contribution in [0.5, 0.6) is 0 Å². The molecule has 2 atom stereocenters. The van der Waals surface area contributed by atoms with E-state index in [2.05, 4.69) is 5.32 Å². The lowest BCUT2D eigenvalue weighted by Gasteiger charge is -2.41. The summed E-state index contributed by atoms with van der Waals surface area (Å²) in [6, 6.07) is 3.49. The summed E-state index contributed by atoms with van der Waals surface area (Å²) < 4.78 is 13.9. The minimum Gasteiger partial charge on any atom is -0.342 e. The van der Waals surface area contributed by atoms with Crippen molar-refractivity contribution < 1.29 is 18.8 Å². The molecule has 6 nitrogen and oxygen atoms in total. The van der Waals surface area contributed by atoms with Gasteiger partial charge in [-0.2, -0.15) is 0 Å². The number of thioether (sulfide) groups is 1. The van der Waals surface area contributed by atoms with Crippen LogP contribution in [0.4, 0.5) is 9.18 Å². The van der Waals surface area contributed by atoms with Gasteiger partial charge in [-0.15, -0.1) is 11.8 Å². The van der Waals surface area contributed by atoms with Crippen molar-refractivity contribution in [3.8, 4) is 0 Å². The molecule has 1 aromatic carbocycles. The molecule has 4 rings (SSSR count). The number of urea groups is 1. The Morgan fingerprint density at radius 1 is 1.29 bits per heavy atom. The summed E-state index contributed by atoms with van der Waals surface area (Å²) in [5.74, 6) is -0.884. The highest BCUT2D eigenvalue weighted by atomic mass is 35.5. The SMILES string of the molecule is O=C(Cc1c(F)cccc1Cl)N1CCC(N2C(=O)NC3C=CSC3C2=O)CC1. The van der Waals surface area contributed by atoms with Gasteiger partial charge in [0.1, 0.15) is 11.1 Å². The molecule has 0 aromatic heterocycles. The molecule has 148 valence electrons. The number of nitrogens with one attached hydrogen (secondary N) is 1. The van der Waals surface area contributed by atoms with Gasteiger partial charge < -0.3 is 10.2 Å². The first-order chi connectivity index (χ1) is 13.5. The number of fused-ring (bicyclic) bond motifs is 1. The van der Waals surface area contributed by atoms with E-state index in [0.29, 0.717) is 25.9 Å². The van der Waals surface area contributed by atoms with Crippen LogP contribution < -0.4 is 5.32 Å². The molecule has 2 saturated heterocycles. The van der Waals surface area contributed by atoms with Crippen molar-refractivity contribution in [3.63, 3.8) is 0 Å². The Morgan fingerprint density at radius 3 is 2.75 bits per heavy atom.